The van der Waals surface area contributed by atoms with E-state index in [-0.39, 0.29) is 48.8 Å². The molecule has 2 heterocycles. The Labute approximate surface area is 312 Å². The SMILES string of the molecule is COC(=O)CCCC(=O)N1C[C@H]2CC(c3ccc(OCCOc4cc(C)c(C)cc4Cl)cc3)=C(C(=O)N(CCc3ccccc3C)C3CC3)[C@@H](C1)N2. The minimum absolute atomic E-state index is 0.000445. The number of carbonyl (C=O) groups excluding carboxylic acids is 3. The van der Waals surface area contributed by atoms with Crippen molar-refractivity contribution >= 4 is 35.0 Å². The number of methoxy groups -OCH3 is 1. The summed E-state index contributed by atoms with van der Waals surface area (Å²) < 4.78 is 16.7. The Hall–Kier alpha value is -4.34. The first-order valence-electron chi connectivity index (χ1n) is 18.4. The third kappa shape index (κ3) is 9.17. The maximum Gasteiger partial charge on any atom is 0.305 e. The predicted octanol–water partition coefficient (Wildman–Crippen LogP) is 6.63. The molecule has 2 atom stereocenters. The van der Waals surface area contributed by atoms with Gasteiger partial charge in [-0.15, -0.1) is 0 Å². The summed E-state index contributed by atoms with van der Waals surface area (Å²) in [6.07, 6.45) is 4.31. The van der Waals surface area contributed by atoms with E-state index in [4.69, 9.17) is 25.8 Å². The van der Waals surface area contributed by atoms with E-state index in [1.165, 1.54) is 18.2 Å². The summed E-state index contributed by atoms with van der Waals surface area (Å²) in [6, 6.07) is 20.1. The highest BCUT2D eigenvalue weighted by molar-refractivity contribution is 6.32. The first-order valence-corrected chi connectivity index (χ1v) is 18.8. The highest BCUT2D eigenvalue weighted by Crippen LogP contribution is 2.37. The molecule has 3 aromatic carbocycles. The molecule has 0 aromatic heterocycles. The maximum atomic E-state index is 14.8. The first-order chi connectivity index (χ1) is 25.1. The van der Waals surface area contributed by atoms with Crippen LogP contribution in [0.3, 0.4) is 0 Å². The van der Waals surface area contributed by atoms with Crippen LogP contribution in [0.2, 0.25) is 5.02 Å². The summed E-state index contributed by atoms with van der Waals surface area (Å²) in [7, 11) is 1.36. The van der Waals surface area contributed by atoms with Crippen molar-refractivity contribution in [2.24, 2.45) is 0 Å². The predicted molar refractivity (Wildman–Crippen MR) is 203 cm³/mol. The molecule has 0 spiro atoms. The minimum Gasteiger partial charge on any atom is -0.490 e. The number of fused-ring (bicyclic) bond motifs is 2. The van der Waals surface area contributed by atoms with Crippen LogP contribution in [0, 0.1) is 20.8 Å². The summed E-state index contributed by atoms with van der Waals surface area (Å²) in [6.45, 7) is 8.45. The first kappa shape index (κ1) is 37.4. The molecule has 276 valence electrons. The third-order valence-corrected chi connectivity index (χ3v) is 10.8. The molecule has 1 saturated carbocycles. The van der Waals surface area contributed by atoms with Gasteiger partial charge in [0.25, 0.3) is 5.91 Å². The molecule has 2 aliphatic heterocycles. The number of aryl methyl sites for hydroxylation is 3. The van der Waals surface area contributed by atoms with Crippen molar-refractivity contribution in [3.63, 3.8) is 0 Å². The second-order valence-corrected chi connectivity index (χ2v) is 14.6. The van der Waals surface area contributed by atoms with E-state index in [1.54, 1.807) is 0 Å². The van der Waals surface area contributed by atoms with E-state index < -0.39 is 0 Å². The quantitative estimate of drug-likeness (QED) is 0.139. The number of nitrogens with zero attached hydrogens (tertiary/aromatic N) is 2. The van der Waals surface area contributed by atoms with Crippen molar-refractivity contribution in [1.29, 1.82) is 0 Å². The number of amides is 2. The number of benzene rings is 3. The van der Waals surface area contributed by atoms with Crippen molar-refractivity contribution < 1.29 is 28.6 Å². The lowest BCUT2D eigenvalue weighted by molar-refractivity contribution is -0.141. The van der Waals surface area contributed by atoms with Crippen LogP contribution in [0.4, 0.5) is 0 Å². The number of ether oxygens (including phenoxy) is 3. The number of nitrogens with one attached hydrogen (secondary N) is 1. The smallest absolute Gasteiger partial charge is 0.305 e. The van der Waals surface area contributed by atoms with Gasteiger partial charge in [-0.25, -0.2) is 0 Å². The van der Waals surface area contributed by atoms with Gasteiger partial charge >= 0.3 is 5.97 Å². The van der Waals surface area contributed by atoms with Gasteiger partial charge in [0.1, 0.15) is 24.7 Å². The summed E-state index contributed by atoms with van der Waals surface area (Å²) >= 11 is 6.37. The van der Waals surface area contributed by atoms with Crippen LogP contribution in [-0.2, 0) is 25.5 Å². The van der Waals surface area contributed by atoms with Crippen molar-refractivity contribution in [3.05, 3.63) is 99.1 Å². The zero-order valence-corrected chi connectivity index (χ0v) is 31.5. The third-order valence-electron chi connectivity index (χ3n) is 10.5. The molecule has 9 nitrogen and oxygen atoms in total. The molecule has 6 rings (SSSR count). The van der Waals surface area contributed by atoms with Crippen LogP contribution in [0.15, 0.2) is 66.2 Å². The molecule has 3 aliphatic rings. The van der Waals surface area contributed by atoms with E-state index in [0.717, 1.165) is 47.1 Å². The summed E-state index contributed by atoms with van der Waals surface area (Å²) in [5, 5.41) is 4.28. The molecule has 2 amide bonds. The lowest BCUT2D eigenvalue weighted by Crippen LogP contribution is -2.62. The fourth-order valence-corrected chi connectivity index (χ4v) is 7.54. The Morgan fingerprint density at radius 2 is 1.63 bits per heavy atom. The van der Waals surface area contributed by atoms with Crippen molar-refractivity contribution in [3.8, 4) is 11.5 Å². The molecule has 1 aliphatic carbocycles. The average Bonchev–Trinajstić information content (AvgIpc) is 3.98. The van der Waals surface area contributed by atoms with Crippen LogP contribution >= 0.6 is 11.6 Å². The summed E-state index contributed by atoms with van der Waals surface area (Å²) in [4.78, 5) is 43.7. The second-order valence-electron chi connectivity index (χ2n) is 14.2. The van der Waals surface area contributed by atoms with Crippen LogP contribution in [0.5, 0.6) is 11.5 Å². The Bertz CT molecular complexity index is 1800. The van der Waals surface area contributed by atoms with Gasteiger partial charge in [-0.05, 0) is 111 Å². The van der Waals surface area contributed by atoms with Crippen LogP contribution < -0.4 is 14.8 Å². The van der Waals surface area contributed by atoms with Gasteiger partial charge < -0.3 is 29.3 Å². The molecule has 10 heteroatoms. The van der Waals surface area contributed by atoms with E-state index in [2.05, 4.69) is 35.3 Å². The highest BCUT2D eigenvalue weighted by atomic mass is 35.5. The zero-order chi connectivity index (χ0) is 36.8. The fraction of sp³-hybridized carbons (Fsp3) is 0.452. The molecule has 2 bridgehead atoms. The molecular formula is C42H50ClN3O6. The number of hydrogen-bond acceptors (Lipinski definition) is 7. The molecular weight excluding hydrogens is 678 g/mol. The largest absolute Gasteiger partial charge is 0.490 e. The lowest BCUT2D eigenvalue weighted by atomic mass is 9.82. The van der Waals surface area contributed by atoms with Crippen molar-refractivity contribution in [1.82, 2.24) is 15.1 Å². The molecule has 52 heavy (non-hydrogen) atoms. The minimum atomic E-state index is -0.316. The van der Waals surface area contributed by atoms with Crippen LogP contribution in [0.25, 0.3) is 5.57 Å². The van der Waals surface area contributed by atoms with Crippen LogP contribution in [-0.4, -0.2) is 85.7 Å². The number of carbonyl (C=O) groups is 3. The number of hydrogen-bond donors (Lipinski definition) is 1. The van der Waals surface area contributed by atoms with Crippen molar-refractivity contribution in [2.75, 3.05) is 40.0 Å². The molecule has 2 fully saturated rings. The van der Waals surface area contributed by atoms with E-state index in [1.807, 2.05) is 61.2 Å². The van der Waals surface area contributed by atoms with Crippen molar-refractivity contribution in [2.45, 2.75) is 83.8 Å². The Morgan fingerprint density at radius 3 is 2.37 bits per heavy atom. The Kier molecular flexibility index (Phi) is 12.2. The molecule has 0 unspecified atom stereocenters. The van der Waals surface area contributed by atoms with Gasteiger partial charge in [0, 0.05) is 50.1 Å². The number of piperazine rings is 1. The molecule has 1 N–H and O–H groups in total. The summed E-state index contributed by atoms with van der Waals surface area (Å²) in [5.41, 5.74) is 7.46. The number of halogens is 1. The molecule has 0 radical (unpaired) electrons. The Balaban J connectivity index is 1.20. The number of esters is 1. The van der Waals surface area contributed by atoms with Gasteiger partial charge in [0.15, 0.2) is 0 Å². The molecule has 3 aromatic rings. The second kappa shape index (κ2) is 17.0. The topological polar surface area (TPSA) is 97.4 Å². The van der Waals surface area contributed by atoms with E-state index in [9.17, 15) is 14.4 Å². The zero-order valence-electron chi connectivity index (χ0n) is 30.7. The maximum absolute atomic E-state index is 14.8. The van der Waals surface area contributed by atoms with Gasteiger partial charge in [-0.1, -0.05) is 48.0 Å². The monoisotopic (exact) mass is 727 g/mol. The normalized spacial score (nSPS) is 18.2. The van der Waals surface area contributed by atoms with Gasteiger partial charge in [-0.3, -0.25) is 14.4 Å². The standard InChI is InChI=1S/C42H50ClN3O6/c1-27-8-5-6-9-30(27)18-19-46(33-14-15-33)42(49)41-35(24-32-25-45(26-37(41)44-32)39(47)10-7-11-40(48)50-4)31-12-16-34(17-13-31)51-20-21-52-38-23-29(3)28(2)22-36(38)43/h5-6,8-9,12-13,16-17,22-23,32-33,37,44H,7,10-11,14-15,18-21,24-26H2,1-4H3/t32-,37-/m1/s1. The van der Waals surface area contributed by atoms with E-state index in [0.29, 0.717) is 62.2 Å². The highest BCUT2D eigenvalue weighted by Gasteiger charge is 2.43. The lowest BCUT2D eigenvalue weighted by Gasteiger charge is -2.45. The molecule has 1 saturated heterocycles. The van der Waals surface area contributed by atoms with Gasteiger partial charge in [0.2, 0.25) is 5.91 Å². The number of rotatable bonds is 15. The van der Waals surface area contributed by atoms with Gasteiger partial charge in [-0.2, -0.15) is 0 Å². The van der Waals surface area contributed by atoms with E-state index >= 15 is 0 Å². The van der Waals surface area contributed by atoms with Crippen LogP contribution in [0.1, 0.15) is 66.3 Å². The fourth-order valence-electron chi connectivity index (χ4n) is 7.27. The Morgan fingerprint density at radius 1 is 0.904 bits per heavy atom. The van der Waals surface area contributed by atoms with Gasteiger partial charge in [0.05, 0.1) is 18.2 Å². The average molecular weight is 728 g/mol. The summed E-state index contributed by atoms with van der Waals surface area (Å²) in [5.74, 6) is 1.08.